The fraction of sp³-hybridized carbons (Fsp3) is 0.118. The first kappa shape index (κ1) is 14.8. The van der Waals surface area contributed by atoms with Crippen molar-refractivity contribution in [2.45, 2.75) is 6.92 Å². The van der Waals surface area contributed by atoms with Crippen LogP contribution in [0.5, 0.6) is 5.75 Å². The fourth-order valence-electron chi connectivity index (χ4n) is 2.30. The maximum atomic E-state index is 12.3. The van der Waals surface area contributed by atoms with Crippen molar-refractivity contribution in [3.8, 4) is 5.75 Å². The number of amides is 2. The predicted molar refractivity (Wildman–Crippen MR) is 85.6 cm³/mol. The minimum atomic E-state index is -0.372. The van der Waals surface area contributed by atoms with Gasteiger partial charge in [0.1, 0.15) is 5.75 Å². The van der Waals surface area contributed by atoms with Gasteiger partial charge in [-0.3, -0.25) is 15.0 Å². The third-order valence-electron chi connectivity index (χ3n) is 3.46. The lowest BCUT2D eigenvalue weighted by Crippen LogP contribution is -2.48. The number of ether oxygens (including phenoxy) is 1. The van der Waals surface area contributed by atoms with E-state index in [-0.39, 0.29) is 11.8 Å². The number of hydrazine groups is 1. The lowest BCUT2D eigenvalue weighted by molar-refractivity contribution is -0.126. The first-order valence-electron chi connectivity index (χ1n) is 7.04. The van der Waals surface area contributed by atoms with Crippen LogP contribution in [0.1, 0.15) is 22.8 Å². The van der Waals surface area contributed by atoms with Crippen LogP contribution in [0.2, 0.25) is 0 Å². The third kappa shape index (κ3) is 2.78. The Bertz CT molecular complexity index is 797. The molecule has 2 aromatic rings. The van der Waals surface area contributed by atoms with Crippen molar-refractivity contribution in [2.24, 2.45) is 4.99 Å². The summed E-state index contributed by atoms with van der Waals surface area (Å²) in [6.45, 7) is 1.37. The second-order valence-electron chi connectivity index (χ2n) is 4.98. The monoisotopic (exact) mass is 309 g/mol. The quantitative estimate of drug-likeness (QED) is 0.925. The summed E-state index contributed by atoms with van der Waals surface area (Å²) in [5.74, 6) is 0.351. The molecule has 0 radical (unpaired) electrons. The van der Waals surface area contributed by atoms with E-state index in [2.05, 4.69) is 10.4 Å². The summed E-state index contributed by atoms with van der Waals surface area (Å²) in [6.07, 6.45) is 0. The minimum Gasteiger partial charge on any atom is -0.497 e. The van der Waals surface area contributed by atoms with E-state index in [1.54, 1.807) is 55.6 Å². The summed E-state index contributed by atoms with van der Waals surface area (Å²) in [5, 5.41) is 1.16. The molecule has 0 saturated heterocycles. The molecule has 0 aliphatic carbocycles. The van der Waals surface area contributed by atoms with Crippen LogP contribution in [0.4, 0.5) is 5.69 Å². The van der Waals surface area contributed by atoms with Crippen LogP contribution in [-0.4, -0.2) is 29.8 Å². The molecule has 1 aliphatic heterocycles. The number of hydrogen-bond acceptors (Lipinski definition) is 4. The molecule has 2 aromatic carbocycles. The van der Waals surface area contributed by atoms with E-state index in [0.717, 1.165) is 5.01 Å². The van der Waals surface area contributed by atoms with Crippen LogP contribution in [0.25, 0.3) is 0 Å². The number of carbonyl (C=O) groups is 2. The molecule has 0 unspecified atom stereocenters. The van der Waals surface area contributed by atoms with Gasteiger partial charge in [0.05, 0.1) is 18.4 Å². The highest BCUT2D eigenvalue weighted by Crippen LogP contribution is 2.24. The molecule has 116 valence electrons. The average Bonchev–Trinajstić information content (AvgIpc) is 2.72. The van der Waals surface area contributed by atoms with Gasteiger partial charge < -0.3 is 4.74 Å². The molecular weight excluding hydrogens is 294 g/mol. The molecule has 1 heterocycles. The lowest BCUT2D eigenvalue weighted by Gasteiger charge is -2.21. The second-order valence-corrected chi connectivity index (χ2v) is 4.98. The maximum Gasteiger partial charge on any atom is 0.272 e. The Balaban J connectivity index is 2.14. The Kier molecular flexibility index (Phi) is 3.80. The van der Waals surface area contributed by atoms with Crippen LogP contribution >= 0.6 is 0 Å². The Morgan fingerprint density at radius 2 is 1.83 bits per heavy atom. The Labute approximate surface area is 133 Å². The number of hydrogen-bond donors (Lipinski definition) is 1. The van der Waals surface area contributed by atoms with Crippen LogP contribution in [0.3, 0.4) is 0 Å². The number of aliphatic imine (C=N–C) groups is 1. The largest absolute Gasteiger partial charge is 0.497 e. The van der Waals surface area contributed by atoms with Gasteiger partial charge in [0.25, 0.3) is 5.91 Å². The predicted octanol–water partition coefficient (Wildman–Crippen LogP) is 2.28. The topological polar surface area (TPSA) is 71.0 Å². The van der Waals surface area contributed by atoms with Crippen LogP contribution in [0, 0.1) is 0 Å². The molecule has 0 atom stereocenters. The van der Waals surface area contributed by atoms with E-state index in [9.17, 15) is 9.59 Å². The zero-order chi connectivity index (χ0) is 16.4. The summed E-state index contributed by atoms with van der Waals surface area (Å²) in [6, 6.07) is 14.1. The maximum absolute atomic E-state index is 12.3. The van der Waals surface area contributed by atoms with Gasteiger partial charge in [-0.25, -0.2) is 10.0 Å². The van der Waals surface area contributed by atoms with Gasteiger partial charge in [-0.2, -0.15) is 0 Å². The average molecular weight is 309 g/mol. The first-order chi connectivity index (χ1) is 11.1. The normalized spacial score (nSPS) is 13.6. The zero-order valence-corrected chi connectivity index (χ0v) is 12.7. The molecule has 0 saturated carbocycles. The number of nitrogens with one attached hydrogen (secondary N) is 1. The third-order valence-corrected chi connectivity index (χ3v) is 3.46. The number of fused-ring (bicyclic) bond motifs is 1. The second kappa shape index (κ2) is 5.92. The number of benzene rings is 2. The molecule has 1 N–H and O–H groups in total. The highest BCUT2D eigenvalue weighted by Gasteiger charge is 2.26. The molecule has 0 bridgehead atoms. The van der Waals surface area contributed by atoms with Crippen molar-refractivity contribution in [1.29, 1.82) is 0 Å². The number of carbonyl (C=O) groups excluding carboxylic acids is 2. The van der Waals surface area contributed by atoms with Gasteiger partial charge in [-0.1, -0.05) is 12.1 Å². The lowest BCUT2D eigenvalue weighted by atomic mass is 10.1. The highest BCUT2D eigenvalue weighted by atomic mass is 16.5. The number of methoxy groups -OCH3 is 1. The van der Waals surface area contributed by atoms with E-state index in [0.29, 0.717) is 28.4 Å². The van der Waals surface area contributed by atoms with Crippen LogP contribution in [-0.2, 0) is 4.79 Å². The van der Waals surface area contributed by atoms with Gasteiger partial charge in [0.15, 0.2) is 5.84 Å². The van der Waals surface area contributed by atoms with Gasteiger partial charge in [-0.15, -0.1) is 0 Å². The van der Waals surface area contributed by atoms with Gasteiger partial charge in [0.2, 0.25) is 5.91 Å². The van der Waals surface area contributed by atoms with E-state index in [1.165, 1.54) is 6.92 Å². The molecule has 1 aliphatic rings. The summed E-state index contributed by atoms with van der Waals surface area (Å²) >= 11 is 0. The Morgan fingerprint density at radius 3 is 2.48 bits per heavy atom. The highest BCUT2D eigenvalue weighted by molar-refractivity contribution is 6.13. The van der Waals surface area contributed by atoms with Crippen molar-refractivity contribution in [3.05, 3.63) is 59.7 Å². The SMILES string of the molecule is COc1ccc(C2=Nc3ccccc3C(=O)NN2C(C)=O)cc1. The molecule has 0 aromatic heterocycles. The molecule has 0 spiro atoms. The molecular formula is C17H15N3O3. The van der Waals surface area contributed by atoms with Crippen molar-refractivity contribution in [1.82, 2.24) is 10.4 Å². The van der Waals surface area contributed by atoms with Crippen LogP contribution in [0.15, 0.2) is 53.5 Å². The standard InChI is InChI=1S/C17H15N3O3/c1-11(21)20-16(12-7-9-13(23-2)10-8-12)18-15-6-4-3-5-14(15)17(22)19-20/h3-10H,1-2H3,(H,19,22). The summed E-state index contributed by atoms with van der Waals surface area (Å²) in [4.78, 5) is 28.8. The molecule has 23 heavy (non-hydrogen) atoms. The Hall–Kier alpha value is -3.15. The minimum absolute atomic E-state index is 0.333. The summed E-state index contributed by atoms with van der Waals surface area (Å²) < 4.78 is 5.14. The van der Waals surface area contributed by atoms with E-state index >= 15 is 0 Å². The van der Waals surface area contributed by atoms with Gasteiger partial charge >= 0.3 is 0 Å². The zero-order valence-electron chi connectivity index (χ0n) is 12.7. The fourth-order valence-corrected chi connectivity index (χ4v) is 2.30. The van der Waals surface area contributed by atoms with E-state index < -0.39 is 0 Å². The number of rotatable bonds is 2. The van der Waals surface area contributed by atoms with Crippen LogP contribution < -0.4 is 10.2 Å². The Morgan fingerprint density at radius 1 is 1.13 bits per heavy atom. The molecule has 2 amide bonds. The summed E-state index contributed by atoms with van der Waals surface area (Å²) in [5.41, 5.74) is 4.22. The number of nitrogens with zero attached hydrogens (tertiary/aromatic N) is 2. The molecule has 6 heteroatoms. The van der Waals surface area contributed by atoms with Crippen molar-refractivity contribution in [2.75, 3.05) is 7.11 Å². The molecule has 3 rings (SSSR count). The van der Waals surface area contributed by atoms with E-state index in [1.807, 2.05) is 0 Å². The van der Waals surface area contributed by atoms with Gasteiger partial charge in [0, 0.05) is 12.5 Å². The number of para-hydroxylation sites is 1. The number of amidine groups is 1. The molecule has 0 fully saturated rings. The smallest absolute Gasteiger partial charge is 0.272 e. The summed E-state index contributed by atoms with van der Waals surface area (Å²) in [7, 11) is 1.58. The first-order valence-corrected chi connectivity index (χ1v) is 7.04. The molecule has 6 nitrogen and oxygen atoms in total. The van der Waals surface area contributed by atoms with Crippen molar-refractivity contribution in [3.63, 3.8) is 0 Å². The van der Waals surface area contributed by atoms with E-state index in [4.69, 9.17) is 4.74 Å². The van der Waals surface area contributed by atoms with Crippen molar-refractivity contribution < 1.29 is 14.3 Å². The van der Waals surface area contributed by atoms with Crippen molar-refractivity contribution >= 4 is 23.3 Å². The van der Waals surface area contributed by atoms with Gasteiger partial charge in [-0.05, 0) is 36.4 Å².